The first kappa shape index (κ1) is 11.2. The Labute approximate surface area is 104 Å². The number of nitrogens with zero attached hydrogens (tertiary/aromatic N) is 2. The van der Waals surface area contributed by atoms with Crippen LogP contribution in [-0.4, -0.2) is 23.7 Å². The van der Waals surface area contributed by atoms with E-state index < -0.39 is 0 Å². The zero-order valence-electron chi connectivity index (χ0n) is 9.80. The molecule has 3 rings (SSSR count). The summed E-state index contributed by atoms with van der Waals surface area (Å²) < 4.78 is 0. The maximum Gasteiger partial charge on any atom is 0.269 e. The highest BCUT2D eigenvalue weighted by molar-refractivity contribution is 5.89. The molecule has 0 radical (unpaired) electrons. The molecule has 6 nitrogen and oxygen atoms in total. The van der Waals surface area contributed by atoms with E-state index in [1.165, 1.54) is 5.71 Å². The summed E-state index contributed by atoms with van der Waals surface area (Å²) in [7, 11) is 0. The number of hydrazone groups is 1. The number of non-ortho nitro benzene ring substituents is 1. The van der Waals surface area contributed by atoms with E-state index in [0.29, 0.717) is 5.92 Å². The molecule has 1 fully saturated rings. The Morgan fingerprint density at radius 2 is 2.11 bits per heavy atom. The van der Waals surface area contributed by atoms with E-state index in [9.17, 15) is 10.1 Å². The van der Waals surface area contributed by atoms with Crippen molar-refractivity contribution < 1.29 is 4.92 Å². The Hall–Kier alpha value is -1.95. The van der Waals surface area contributed by atoms with Crippen LogP contribution in [0.1, 0.15) is 18.0 Å². The average Bonchev–Trinajstić information content (AvgIpc) is 2.82. The SMILES string of the molecule is O=[N+]([O-])c1ccc(C2NN=C3CCNCC32)cc1. The molecule has 1 aromatic carbocycles. The van der Waals surface area contributed by atoms with Crippen LogP contribution in [0.25, 0.3) is 0 Å². The topological polar surface area (TPSA) is 79.6 Å². The Morgan fingerprint density at radius 1 is 1.33 bits per heavy atom. The summed E-state index contributed by atoms with van der Waals surface area (Å²) in [5, 5.41) is 18.3. The third-order valence-corrected chi connectivity index (χ3v) is 3.56. The second-order valence-corrected chi connectivity index (χ2v) is 4.62. The molecule has 6 heteroatoms. The summed E-state index contributed by atoms with van der Waals surface area (Å²) in [5.41, 5.74) is 5.52. The van der Waals surface area contributed by atoms with Crippen molar-refractivity contribution in [2.45, 2.75) is 12.5 Å². The third kappa shape index (κ3) is 1.84. The van der Waals surface area contributed by atoms with Gasteiger partial charge in [0.1, 0.15) is 0 Å². The van der Waals surface area contributed by atoms with Crippen LogP contribution >= 0.6 is 0 Å². The lowest BCUT2D eigenvalue weighted by Gasteiger charge is -2.25. The number of fused-ring (bicyclic) bond motifs is 1. The highest BCUT2D eigenvalue weighted by Gasteiger charge is 2.34. The van der Waals surface area contributed by atoms with Crippen LogP contribution in [0.3, 0.4) is 0 Å². The molecular weight excluding hydrogens is 232 g/mol. The normalized spacial score (nSPS) is 26.1. The van der Waals surface area contributed by atoms with Crippen LogP contribution in [0.5, 0.6) is 0 Å². The van der Waals surface area contributed by atoms with E-state index >= 15 is 0 Å². The highest BCUT2D eigenvalue weighted by Crippen LogP contribution is 2.30. The van der Waals surface area contributed by atoms with E-state index in [-0.39, 0.29) is 16.7 Å². The molecule has 2 aliphatic heterocycles. The zero-order chi connectivity index (χ0) is 12.5. The van der Waals surface area contributed by atoms with Gasteiger partial charge in [0.2, 0.25) is 0 Å². The monoisotopic (exact) mass is 246 g/mol. The first-order valence-corrected chi connectivity index (χ1v) is 6.03. The van der Waals surface area contributed by atoms with Crippen LogP contribution in [0.2, 0.25) is 0 Å². The zero-order valence-corrected chi connectivity index (χ0v) is 9.80. The summed E-state index contributed by atoms with van der Waals surface area (Å²) in [5.74, 6) is 0.361. The van der Waals surface area contributed by atoms with Gasteiger partial charge in [0.25, 0.3) is 5.69 Å². The number of nitro groups is 1. The van der Waals surface area contributed by atoms with Crippen molar-refractivity contribution in [1.29, 1.82) is 0 Å². The first-order valence-electron chi connectivity index (χ1n) is 6.03. The molecule has 0 amide bonds. The van der Waals surface area contributed by atoms with E-state index in [1.54, 1.807) is 12.1 Å². The number of hydrogen-bond acceptors (Lipinski definition) is 5. The van der Waals surface area contributed by atoms with Crippen LogP contribution in [0, 0.1) is 16.0 Å². The van der Waals surface area contributed by atoms with Crippen LogP contribution < -0.4 is 10.7 Å². The lowest BCUT2D eigenvalue weighted by Crippen LogP contribution is -2.38. The molecule has 2 aliphatic rings. The molecule has 0 bridgehead atoms. The second kappa shape index (κ2) is 4.38. The van der Waals surface area contributed by atoms with Crippen molar-refractivity contribution in [2.75, 3.05) is 13.1 Å². The summed E-state index contributed by atoms with van der Waals surface area (Å²) in [6, 6.07) is 6.84. The minimum absolute atomic E-state index is 0.125. The summed E-state index contributed by atoms with van der Waals surface area (Å²) >= 11 is 0. The number of hydrogen-bond donors (Lipinski definition) is 2. The summed E-state index contributed by atoms with van der Waals surface area (Å²) in [6.45, 7) is 1.89. The van der Waals surface area contributed by atoms with E-state index in [0.717, 1.165) is 25.1 Å². The van der Waals surface area contributed by atoms with Gasteiger partial charge >= 0.3 is 0 Å². The number of benzene rings is 1. The molecule has 2 N–H and O–H groups in total. The number of rotatable bonds is 2. The van der Waals surface area contributed by atoms with Crippen molar-refractivity contribution >= 4 is 11.4 Å². The lowest BCUT2D eigenvalue weighted by molar-refractivity contribution is -0.384. The van der Waals surface area contributed by atoms with Gasteiger partial charge in [0.05, 0.1) is 11.0 Å². The van der Waals surface area contributed by atoms with Gasteiger partial charge in [-0.2, -0.15) is 5.10 Å². The fraction of sp³-hybridized carbons (Fsp3) is 0.417. The maximum atomic E-state index is 10.6. The Balaban J connectivity index is 1.81. The van der Waals surface area contributed by atoms with Crippen molar-refractivity contribution in [2.24, 2.45) is 11.0 Å². The molecular formula is C12H14N4O2. The second-order valence-electron chi connectivity index (χ2n) is 4.62. The molecule has 18 heavy (non-hydrogen) atoms. The molecule has 0 spiro atoms. The van der Waals surface area contributed by atoms with Crippen LogP contribution in [0.4, 0.5) is 5.69 Å². The van der Waals surface area contributed by atoms with Crippen molar-refractivity contribution in [1.82, 2.24) is 10.7 Å². The van der Waals surface area contributed by atoms with Crippen molar-refractivity contribution in [3.63, 3.8) is 0 Å². The average molecular weight is 246 g/mol. The quantitative estimate of drug-likeness (QED) is 0.607. The van der Waals surface area contributed by atoms with Crippen LogP contribution in [0.15, 0.2) is 29.4 Å². The predicted molar refractivity (Wildman–Crippen MR) is 67.4 cm³/mol. The smallest absolute Gasteiger partial charge is 0.269 e. The first-order chi connectivity index (χ1) is 8.75. The van der Waals surface area contributed by atoms with E-state index in [4.69, 9.17) is 0 Å². The van der Waals surface area contributed by atoms with Gasteiger partial charge in [-0.25, -0.2) is 0 Å². The molecule has 1 saturated heterocycles. The van der Waals surface area contributed by atoms with Crippen molar-refractivity contribution in [3.05, 3.63) is 39.9 Å². The maximum absolute atomic E-state index is 10.6. The Bertz CT molecular complexity index is 497. The predicted octanol–water partition coefficient (Wildman–Crippen LogP) is 1.20. The molecule has 2 heterocycles. The molecule has 0 aromatic heterocycles. The Morgan fingerprint density at radius 3 is 2.83 bits per heavy atom. The van der Waals surface area contributed by atoms with Crippen LogP contribution in [-0.2, 0) is 0 Å². The van der Waals surface area contributed by atoms with E-state index in [1.807, 2.05) is 12.1 Å². The summed E-state index contributed by atoms with van der Waals surface area (Å²) in [4.78, 5) is 10.2. The Kier molecular flexibility index (Phi) is 2.71. The molecule has 2 atom stereocenters. The number of nitrogens with one attached hydrogen (secondary N) is 2. The van der Waals surface area contributed by atoms with E-state index in [2.05, 4.69) is 15.8 Å². The lowest BCUT2D eigenvalue weighted by atomic mass is 9.87. The number of nitro benzene ring substituents is 1. The minimum Gasteiger partial charge on any atom is -0.316 e. The van der Waals surface area contributed by atoms with Crippen molar-refractivity contribution in [3.8, 4) is 0 Å². The van der Waals surface area contributed by atoms with Gasteiger partial charge < -0.3 is 10.7 Å². The fourth-order valence-corrected chi connectivity index (χ4v) is 2.58. The van der Waals surface area contributed by atoms with Gasteiger partial charge in [-0.15, -0.1) is 0 Å². The van der Waals surface area contributed by atoms with Gasteiger partial charge in [-0.1, -0.05) is 12.1 Å². The fourth-order valence-electron chi connectivity index (χ4n) is 2.58. The number of piperidine rings is 1. The van der Waals surface area contributed by atoms with Gasteiger partial charge in [-0.3, -0.25) is 10.1 Å². The van der Waals surface area contributed by atoms with Gasteiger partial charge in [0.15, 0.2) is 0 Å². The molecule has 0 saturated carbocycles. The van der Waals surface area contributed by atoms with Gasteiger partial charge in [0, 0.05) is 43.3 Å². The summed E-state index contributed by atoms with van der Waals surface area (Å²) in [6.07, 6.45) is 0.973. The van der Waals surface area contributed by atoms with Gasteiger partial charge in [-0.05, 0) is 5.56 Å². The molecule has 1 aromatic rings. The third-order valence-electron chi connectivity index (χ3n) is 3.56. The highest BCUT2D eigenvalue weighted by atomic mass is 16.6. The molecule has 94 valence electrons. The standard InChI is InChI=1S/C12H14N4O2/c17-16(18)9-3-1-8(2-4-9)12-10-7-13-6-5-11(10)14-15-12/h1-4,10,12-13,15H,5-7H2. The molecule has 2 unspecified atom stereocenters. The largest absolute Gasteiger partial charge is 0.316 e. The minimum atomic E-state index is -0.379. The molecule has 0 aliphatic carbocycles.